The van der Waals surface area contributed by atoms with Gasteiger partial charge in [-0.2, -0.15) is 0 Å². The highest BCUT2D eigenvalue weighted by molar-refractivity contribution is 5.12. The number of rotatable bonds is 5. The van der Waals surface area contributed by atoms with Gasteiger partial charge in [0.25, 0.3) is 5.56 Å². The van der Waals surface area contributed by atoms with Crippen LogP contribution in [0.15, 0.2) is 11.1 Å². The summed E-state index contributed by atoms with van der Waals surface area (Å²) in [6, 6.07) is 0. The number of hydrogen-bond donors (Lipinski definition) is 0. The van der Waals surface area contributed by atoms with Crippen LogP contribution in [0.5, 0.6) is 0 Å². The first-order valence-corrected chi connectivity index (χ1v) is 10.1. The Hall–Kier alpha value is -1.20. The van der Waals surface area contributed by atoms with Crippen LogP contribution in [0.3, 0.4) is 0 Å². The maximum Gasteiger partial charge on any atom is 0.256 e. The molecule has 2 aliphatic rings. The fourth-order valence-corrected chi connectivity index (χ4v) is 4.12. The van der Waals surface area contributed by atoms with Crippen LogP contribution >= 0.6 is 0 Å². The largest absolute Gasteiger partial charge is 0.302 e. The van der Waals surface area contributed by atoms with Crippen molar-refractivity contribution in [3.05, 3.63) is 27.9 Å². The van der Waals surface area contributed by atoms with Crippen molar-refractivity contribution in [2.75, 3.05) is 39.3 Å². The van der Waals surface area contributed by atoms with Crippen molar-refractivity contribution >= 4 is 0 Å². The van der Waals surface area contributed by atoms with Gasteiger partial charge in [0.05, 0.1) is 6.33 Å². The van der Waals surface area contributed by atoms with Gasteiger partial charge in [0.15, 0.2) is 0 Å². The molecular weight excluding hydrogens is 312 g/mol. The van der Waals surface area contributed by atoms with Crippen molar-refractivity contribution in [1.82, 2.24) is 19.4 Å². The highest BCUT2D eigenvalue weighted by atomic mass is 16.1. The number of likely N-dealkylation sites (tertiary alicyclic amines) is 2. The molecule has 2 saturated heterocycles. The smallest absolute Gasteiger partial charge is 0.256 e. The molecule has 0 aromatic carbocycles. The van der Waals surface area contributed by atoms with E-state index in [1.54, 1.807) is 6.33 Å². The summed E-state index contributed by atoms with van der Waals surface area (Å²) in [4.78, 5) is 22.0. The zero-order valence-electron chi connectivity index (χ0n) is 16.0. The van der Waals surface area contributed by atoms with Gasteiger partial charge in [0.1, 0.15) is 0 Å². The highest BCUT2D eigenvalue weighted by Crippen LogP contribution is 2.19. The fourth-order valence-electron chi connectivity index (χ4n) is 4.12. The molecule has 1 aromatic rings. The molecule has 1 aromatic heterocycles. The molecule has 25 heavy (non-hydrogen) atoms. The van der Waals surface area contributed by atoms with E-state index in [1.807, 2.05) is 18.4 Å². The topological polar surface area (TPSA) is 41.4 Å². The van der Waals surface area contributed by atoms with Gasteiger partial charge < -0.3 is 9.80 Å². The molecule has 0 aliphatic carbocycles. The SMILES string of the molecule is Cc1ncn(CC2CCN(CCN3CCCCCC3)CC2)c(=O)c1C. The molecule has 2 aliphatic heterocycles. The number of hydrogen-bond acceptors (Lipinski definition) is 4. The third kappa shape index (κ3) is 5.14. The summed E-state index contributed by atoms with van der Waals surface area (Å²) in [7, 11) is 0. The van der Waals surface area contributed by atoms with Gasteiger partial charge >= 0.3 is 0 Å². The Labute approximate surface area is 152 Å². The molecule has 5 heteroatoms. The van der Waals surface area contributed by atoms with Crippen molar-refractivity contribution in [3.8, 4) is 0 Å². The number of nitrogens with zero attached hydrogens (tertiary/aromatic N) is 4. The minimum Gasteiger partial charge on any atom is -0.302 e. The number of piperidine rings is 1. The molecule has 0 amide bonds. The van der Waals surface area contributed by atoms with Gasteiger partial charge in [0, 0.05) is 30.9 Å². The Morgan fingerprint density at radius 2 is 1.56 bits per heavy atom. The normalized spacial score (nSPS) is 21.4. The van der Waals surface area contributed by atoms with Crippen molar-refractivity contribution in [1.29, 1.82) is 0 Å². The lowest BCUT2D eigenvalue weighted by Crippen LogP contribution is -2.41. The quantitative estimate of drug-likeness (QED) is 0.821. The third-order valence-corrected chi connectivity index (χ3v) is 6.11. The van der Waals surface area contributed by atoms with E-state index in [0.29, 0.717) is 5.92 Å². The minimum absolute atomic E-state index is 0.135. The van der Waals surface area contributed by atoms with Crippen molar-refractivity contribution in [2.45, 2.75) is 58.9 Å². The van der Waals surface area contributed by atoms with Crippen LogP contribution in [0.1, 0.15) is 49.8 Å². The molecule has 0 spiro atoms. The summed E-state index contributed by atoms with van der Waals surface area (Å²) in [6.45, 7) is 12.0. The second-order valence-electron chi connectivity index (χ2n) is 7.95. The van der Waals surface area contributed by atoms with Crippen LogP contribution in [0, 0.1) is 19.8 Å². The zero-order valence-corrected chi connectivity index (χ0v) is 16.0. The van der Waals surface area contributed by atoms with Crippen molar-refractivity contribution in [2.24, 2.45) is 5.92 Å². The van der Waals surface area contributed by atoms with E-state index in [1.165, 1.54) is 77.8 Å². The minimum atomic E-state index is 0.135. The van der Waals surface area contributed by atoms with Gasteiger partial charge in [-0.05, 0) is 71.6 Å². The lowest BCUT2D eigenvalue weighted by molar-refractivity contribution is 0.149. The second kappa shape index (κ2) is 8.95. The molecule has 3 rings (SSSR count). The summed E-state index contributed by atoms with van der Waals surface area (Å²) < 4.78 is 1.82. The maximum absolute atomic E-state index is 12.3. The summed E-state index contributed by atoms with van der Waals surface area (Å²) in [5.74, 6) is 0.607. The highest BCUT2D eigenvalue weighted by Gasteiger charge is 2.21. The first-order valence-electron chi connectivity index (χ1n) is 10.1. The Balaban J connectivity index is 1.43. The molecule has 2 fully saturated rings. The van der Waals surface area contributed by atoms with Gasteiger partial charge in [-0.15, -0.1) is 0 Å². The Morgan fingerprint density at radius 3 is 2.20 bits per heavy atom. The summed E-state index contributed by atoms with van der Waals surface area (Å²) in [5, 5.41) is 0. The molecule has 0 atom stereocenters. The van der Waals surface area contributed by atoms with Crippen LogP contribution in [-0.2, 0) is 6.54 Å². The lowest BCUT2D eigenvalue weighted by atomic mass is 9.96. The third-order valence-electron chi connectivity index (χ3n) is 6.11. The summed E-state index contributed by atoms with van der Waals surface area (Å²) in [6.07, 6.45) is 9.69. The van der Waals surface area contributed by atoms with E-state index in [2.05, 4.69) is 14.8 Å². The first-order chi connectivity index (χ1) is 12.1. The van der Waals surface area contributed by atoms with E-state index in [-0.39, 0.29) is 5.56 Å². The van der Waals surface area contributed by atoms with E-state index in [0.717, 1.165) is 17.8 Å². The van der Waals surface area contributed by atoms with E-state index in [4.69, 9.17) is 0 Å². The molecule has 0 N–H and O–H groups in total. The molecular formula is C20H34N4O. The lowest BCUT2D eigenvalue weighted by Gasteiger charge is -2.33. The molecule has 3 heterocycles. The van der Waals surface area contributed by atoms with Crippen LogP contribution in [0.2, 0.25) is 0 Å². The van der Waals surface area contributed by atoms with E-state index in [9.17, 15) is 4.79 Å². The Morgan fingerprint density at radius 1 is 0.960 bits per heavy atom. The number of aromatic nitrogens is 2. The van der Waals surface area contributed by atoms with E-state index >= 15 is 0 Å². The monoisotopic (exact) mass is 346 g/mol. The average molecular weight is 347 g/mol. The van der Waals surface area contributed by atoms with Gasteiger partial charge in [-0.25, -0.2) is 4.98 Å². The average Bonchev–Trinajstić information content (AvgIpc) is 2.90. The Kier molecular flexibility index (Phi) is 6.65. The molecule has 5 nitrogen and oxygen atoms in total. The molecule has 0 saturated carbocycles. The van der Waals surface area contributed by atoms with Crippen LogP contribution in [0.25, 0.3) is 0 Å². The van der Waals surface area contributed by atoms with Crippen molar-refractivity contribution < 1.29 is 0 Å². The van der Waals surface area contributed by atoms with Gasteiger partial charge in [-0.3, -0.25) is 9.36 Å². The molecule has 0 bridgehead atoms. The van der Waals surface area contributed by atoms with Crippen LogP contribution in [-0.4, -0.2) is 58.6 Å². The summed E-state index contributed by atoms with van der Waals surface area (Å²) >= 11 is 0. The Bertz CT molecular complexity index is 596. The predicted octanol–water partition coefficient (Wildman–Crippen LogP) is 2.45. The van der Waals surface area contributed by atoms with Gasteiger partial charge in [0.2, 0.25) is 0 Å². The standard InChI is InChI=1S/C20H34N4O/c1-17-18(2)21-16-24(20(17)25)15-19-7-11-23(12-8-19)14-13-22-9-5-3-4-6-10-22/h16,19H,3-15H2,1-2H3. The molecule has 0 radical (unpaired) electrons. The summed E-state index contributed by atoms with van der Waals surface area (Å²) in [5.41, 5.74) is 1.78. The second-order valence-corrected chi connectivity index (χ2v) is 7.95. The molecule has 0 unspecified atom stereocenters. The van der Waals surface area contributed by atoms with Crippen molar-refractivity contribution in [3.63, 3.8) is 0 Å². The van der Waals surface area contributed by atoms with Gasteiger partial charge in [-0.1, -0.05) is 12.8 Å². The molecule has 140 valence electrons. The van der Waals surface area contributed by atoms with Crippen LogP contribution < -0.4 is 5.56 Å². The van der Waals surface area contributed by atoms with E-state index < -0.39 is 0 Å². The predicted molar refractivity (Wildman–Crippen MR) is 102 cm³/mol. The first kappa shape index (κ1) is 18.6. The van der Waals surface area contributed by atoms with Crippen LogP contribution in [0.4, 0.5) is 0 Å². The zero-order chi connectivity index (χ0) is 17.6. The maximum atomic E-state index is 12.3. The number of aryl methyl sites for hydroxylation is 1. The fraction of sp³-hybridized carbons (Fsp3) is 0.800.